The molecule has 6 nitrogen and oxygen atoms in total. The third-order valence-corrected chi connectivity index (χ3v) is 1.88. The summed E-state index contributed by atoms with van der Waals surface area (Å²) in [6, 6.07) is 1.73. The molecule has 1 amide bonds. The number of esters is 1. The Morgan fingerprint density at radius 3 is 2.75 bits per heavy atom. The maximum atomic E-state index is 11.4. The Morgan fingerprint density at radius 1 is 1.56 bits per heavy atom. The minimum absolute atomic E-state index is 0.275. The summed E-state index contributed by atoms with van der Waals surface area (Å²) in [5.41, 5.74) is 0.800. The fourth-order valence-corrected chi connectivity index (χ4v) is 1.26. The zero-order valence-electron chi connectivity index (χ0n) is 9.61. The first-order valence-electron chi connectivity index (χ1n) is 4.99. The number of ether oxygens (including phenoxy) is 1. The molecule has 0 bridgehead atoms. The number of amides is 1. The van der Waals surface area contributed by atoms with Crippen molar-refractivity contribution in [3.8, 4) is 0 Å². The maximum Gasteiger partial charge on any atom is 0.315 e. The van der Waals surface area contributed by atoms with E-state index < -0.39 is 11.9 Å². The van der Waals surface area contributed by atoms with Crippen LogP contribution in [0.5, 0.6) is 0 Å². The molecule has 1 heterocycles. The fraction of sp³-hybridized carbons (Fsp3) is 0.500. The van der Waals surface area contributed by atoms with Gasteiger partial charge in [0.25, 0.3) is 0 Å². The van der Waals surface area contributed by atoms with Gasteiger partial charge < -0.3 is 10.1 Å². The van der Waals surface area contributed by atoms with Crippen molar-refractivity contribution in [3.63, 3.8) is 0 Å². The number of hydrogen-bond donors (Lipinski definition) is 1. The van der Waals surface area contributed by atoms with Gasteiger partial charge in [-0.1, -0.05) is 0 Å². The topological polar surface area (TPSA) is 73.2 Å². The molecule has 0 aliphatic rings. The fourth-order valence-electron chi connectivity index (χ4n) is 1.26. The van der Waals surface area contributed by atoms with E-state index in [9.17, 15) is 9.59 Å². The Bertz CT molecular complexity index is 398. The van der Waals surface area contributed by atoms with E-state index in [-0.39, 0.29) is 13.0 Å². The van der Waals surface area contributed by atoms with Crippen LogP contribution in [-0.2, 0) is 21.4 Å². The third-order valence-electron chi connectivity index (χ3n) is 1.88. The molecule has 0 spiro atoms. The quantitative estimate of drug-likeness (QED) is 0.602. The van der Waals surface area contributed by atoms with Crippen LogP contribution in [0.2, 0.25) is 0 Å². The average Bonchev–Trinajstić information content (AvgIpc) is 2.44. The van der Waals surface area contributed by atoms with Gasteiger partial charge in [-0.3, -0.25) is 14.3 Å². The van der Waals surface area contributed by atoms with E-state index >= 15 is 0 Å². The number of hydrogen-bond acceptors (Lipinski definition) is 4. The van der Waals surface area contributed by atoms with E-state index in [2.05, 4.69) is 15.2 Å². The minimum atomic E-state index is -0.529. The van der Waals surface area contributed by atoms with Crippen molar-refractivity contribution in [1.82, 2.24) is 9.78 Å². The molecule has 16 heavy (non-hydrogen) atoms. The number of nitrogens with zero attached hydrogens (tertiary/aromatic N) is 2. The number of carbonyl (C=O) groups excluding carboxylic acids is 2. The number of nitrogens with one attached hydrogen (secondary N) is 1. The molecule has 0 saturated heterocycles. The van der Waals surface area contributed by atoms with Gasteiger partial charge in [0.05, 0.1) is 12.3 Å². The lowest BCUT2D eigenvalue weighted by atomic mass is 10.4. The molecular weight excluding hydrogens is 210 g/mol. The van der Waals surface area contributed by atoms with Crippen molar-refractivity contribution in [2.24, 2.45) is 7.05 Å². The lowest BCUT2D eigenvalue weighted by Crippen LogP contribution is -2.19. The Balaban J connectivity index is 2.52. The molecule has 1 rings (SSSR count). The predicted octanol–water partition coefficient (Wildman–Crippen LogP) is 0.620. The molecule has 0 saturated carbocycles. The second-order valence-corrected chi connectivity index (χ2v) is 3.32. The Labute approximate surface area is 93.6 Å². The zero-order valence-corrected chi connectivity index (χ0v) is 9.61. The number of carbonyl (C=O) groups is 2. The van der Waals surface area contributed by atoms with Crippen molar-refractivity contribution in [2.75, 3.05) is 11.9 Å². The maximum absolute atomic E-state index is 11.4. The SMILES string of the molecule is CCOC(=O)CC(=O)Nc1cc(C)nn1C. The van der Waals surface area contributed by atoms with Gasteiger partial charge in [-0.2, -0.15) is 5.10 Å². The van der Waals surface area contributed by atoms with Crippen LogP contribution in [-0.4, -0.2) is 28.3 Å². The standard InChI is InChI=1S/C10H15N3O3/c1-4-16-10(15)6-9(14)11-8-5-7(2)12-13(8)3/h5H,4,6H2,1-3H3,(H,11,14). The Kier molecular flexibility index (Phi) is 4.04. The van der Waals surface area contributed by atoms with E-state index in [1.165, 1.54) is 0 Å². The first kappa shape index (κ1) is 12.2. The zero-order chi connectivity index (χ0) is 12.1. The Morgan fingerprint density at radius 2 is 2.25 bits per heavy atom. The van der Waals surface area contributed by atoms with Crippen LogP contribution in [0, 0.1) is 6.92 Å². The average molecular weight is 225 g/mol. The molecule has 0 aliphatic heterocycles. The van der Waals surface area contributed by atoms with Crippen LogP contribution in [0.25, 0.3) is 0 Å². The van der Waals surface area contributed by atoms with Gasteiger partial charge in [-0.15, -0.1) is 0 Å². The molecule has 0 aromatic carbocycles. The van der Waals surface area contributed by atoms with Crippen molar-refractivity contribution in [1.29, 1.82) is 0 Å². The van der Waals surface area contributed by atoms with E-state index in [1.54, 1.807) is 24.7 Å². The van der Waals surface area contributed by atoms with Gasteiger partial charge in [-0.25, -0.2) is 0 Å². The van der Waals surface area contributed by atoms with Crippen molar-refractivity contribution in [3.05, 3.63) is 11.8 Å². The van der Waals surface area contributed by atoms with Crippen LogP contribution in [0.15, 0.2) is 6.07 Å². The molecule has 1 aromatic rings. The summed E-state index contributed by atoms with van der Waals surface area (Å²) in [4.78, 5) is 22.4. The number of rotatable bonds is 4. The lowest BCUT2D eigenvalue weighted by Gasteiger charge is -2.04. The lowest BCUT2D eigenvalue weighted by molar-refractivity contribution is -0.145. The van der Waals surface area contributed by atoms with Crippen LogP contribution in [0.4, 0.5) is 5.82 Å². The van der Waals surface area contributed by atoms with Gasteiger partial charge in [0, 0.05) is 13.1 Å². The van der Waals surface area contributed by atoms with Crippen molar-refractivity contribution < 1.29 is 14.3 Å². The van der Waals surface area contributed by atoms with Crippen LogP contribution < -0.4 is 5.32 Å². The molecule has 0 radical (unpaired) electrons. The highest BCUT2D eigenvalue weighted by Crippen LogP contribution is 2.08. The highest BCUT2D eigenvalue weighted by Gasteiger charge is 2.12. The molecule has 0 unspecified atom stereocenters. The van der Waals surface area contributed by atoms with Gasteiger partial charge >= 0.3 is 5.97 Å². The van der Waals surface area contributed by atoms with E-state index in [1.807, 2.05) is 6.92 Å². The van der Waals surface area contributed by atoms with E-state index in [4.69, 9.17) is 0 Å². The largest absolute Gasteiger partial charge is 0.466 e. The first-order chi connectivity index (χ1) is 7.52. The van der Waals surface area contributed by atoms with Crippen LogP contribution in [0.1, 0.15) is 19.0 Å². The summed E-state index contributed by atoms with van der Waals surface area (Å²) >= 11 is 0. The molecule has 1 aromatic heterocycles. The van der Waals surface area contributed by atoms with Gasteiger partial charge in [-0.05, 0) is 13.8 Å². The monoisotopic (exact) mass is 225 g/mol. The highest BCUT2D eigenvalue weighted by atomic mass is 16.5. The van der Waals surface area contributed by atoms with Crippen molar-refractivity contribution >= 4 is 17.7 Å². The molecule has 0 aliphatic carbocycles. The third kappa shape index (κ3) is 3.38. The second kappa shape index (κ2) is 5.29. The summed E-state index contributed by atoms with van der Waals surface area (Å²) in [5, 5.41) is 6.65. The summed E-state index contributed by atoms with van der Waals surface area (Å²) in [6.45, 7) is 3.79. The number of aryl methyl sites for hydroxylation is 2. The summed E-state index contributed by atoms with van der Waals surface area (Å²) in [6.07, 6.45) is -0.280. The summed E-state index contributed by atoms with van der Waals surface area (Å²) in [7, 11) is 1.72. The summed E-state index contributed by atoms with van der Waals surface area (Å²) < 4.78 is 6.20. The summed E-state index contributed by atoms with van der Waals surface area (Å²) in [5.74, 6) is -0.368. The normalized spacial score (nSPS) is 9.94. The molecule has 6 heteroatoms. The molecule has 1 N–H and O–H groups in total. The van der Waals surface area contributed by atoms with Gasteiger partial charge in [0.2, 0.25) is 5.91 Å². The first-order valence-corrected chi connectivity index (χ1v) is 4.99. The predicted molar refractivity (Wildman–Crippen MR) is 57.8 cm³/mol. The molecule has 88 valence electrons. The van der Waals surface area contributed by atoms with Crippen LogP contribution in [0.3, 0.4) is 0 Å². The Hall–Kier alpha value is -1.85. The minimum Gasteiger partial charge on any atom is -0.466 e. The van der Waals surface area contributed by atoms with Crippen LogP contribution >= 0.6 is 0 Å². The number of anilines is 1. The number of aromatic nitrogens is 2. The molecule has 0 fully saturated rings. The van der Waals surface area contributed by atoms with Gasteiger partial charge in [0.1, 0.15) is 12.2 Å². The van der Waals surface area contributed by atoms with E-state index in [0.29, 0.717) is 5.82 Å². The molecule has 0 atom stereocenters. The smallest absolute Gasteiger partial charge is 0.315 e. The second-order valence-electron chi connectivity index (χ2n) is 3.32. The highest BCUT2D eigenvalue weighted by molar-refractivity contribution is 6.01. The van der Waals surface area contributed by atoms with Gasteiger partial charge in [0.15, 0.2) is 0 Å². The van der Waals surface area contributed by atoms with E-state index in [0.717, 1.165) is 5.69 Å². The van der Waals surface area contributed by atoms with Crippen molar-refractivity contribution in [2.45, 2.75) is 20.3 Å². The molecular formula is C10H15N3O3.